The first-order valence-corrected chi connectivity index (χ1v) is 8.49. The van der Waals surface area contributed by atoms with Gasteiger partial charge in [-0.05, 0) is 36.5 Å². The topological polar surface area (TPSA) is 46.1 Å². The third kappa shape index (κ3) is 4.01. The van der Waals surface area contributed by atoms with E-state index in [0.29, 0.717) is 17.7 Å². The molecule has 2 fully saturated rings. The molecule has 4 nitrogen and oxygen atoms in total. The summed E-state index contributed by atoms with van der Waals surface area (Å²) in [7, 11) is 1.68. The van der Waals surface area contributed by atoms with E-state index in [1.807, 2.05) is 12.1 Å². The number of hydrogen-bond donors (Lipinski definition) is 1. The number of hydrogen-bond acceptors (Lipinski definition) is 2. The summed E-state index contributed by atoms with van der Waals surface area (Å²) in [6.07, 6.45) is 4.63. The fourth-order valence-electron chi connectivity index (χ4n) is 3.26. The Morgan fingerprint density at radius 2 is 1.86 bits per heavy atom. The first kappa shape index (κ1) is 15.3. The molecule has 22 heavy (non-hydrogen) atoms. The molecule has 0 radical (unpaired) electrons. The van der Waals surface area contributed by atoms with Gasteiger partial charge in [-0.15, -0.1) is 0 Å². The molecule has 1 saturated carbocycles. The summed E-state index contributed by atoms with van der Waals surface area (Å²) in [5.74, 6) is 2.20. The van der Waals surface area contributed by atoms with Crippen LogP contribution in [0.1, 0.15) is 31.2 Å². The minimum absolute atomic E-state index is 0.299. The molecule has 1 aliphatic heterocycles. The molecule has 0 spiro atoms. The molecule has 120 valence electrons. The Kier molecular flexibility index (Phi) is 4.98. The Labute approximate surface area is 132 Å². The van der Waals surface area contributed by atoms with Crippen molar-refractivity contribution in [3.8, 4) is 5.75 Å². The lowest BCUT2D eigenvalue weighted by Gasteiger charge is -2.29. The van der Waals surface area contributed by atoms with Gasteiger partial charge in [-0.3, -0.25) is 4.79 Å². The van der Waals surface area contributed by atoms with Crippen LogP contribution < -0.4 is 10.1 Å². The number of benzene rings is 1. The van der Waals surface area contributed by atoms with Crippen LogP contribution in [0.25, 0.3) is 0 Å². The van der Waals surface area contributed by atoms with Crippen LogP contribution in [0.15, 0.2) is 24.3 Å². The van der Waals surface area contributed by atoms with E-state index in [2.05, 4.69) is 22.3 Å². The second kappa shape index (κ2) is 7.14. The molecule has 0 bridgehead atoms. The zero-order valence-electron chi connectivity index (χ0n) is 13.5. The Morgan fingerprint density at radius 3 is 2.45 bits per heavy atom. The molecule has 1 heterocycles. The molecule has 1 amide bonds. The molecule has 2 N–H and O–H groups in total. The summed E-state index contributed by atoms with van der Waals surface area (Å²) in [5.41, 5.74) is 1.19. The van der Waals surface area contributed by atoms with Crippen LogP contribution in [0.3, 0.4) is 0 Å². The van der Waals surface area contributed by atoms with Crippen molar-refractivity contribution in [1.82, 2.24) is 4.90 Å². The Bertz CT molecular complexity index is 490. The standard InChI is InChI=1S/C18H26N2O2/c1-22-17-6-2-14(3-7-17)12-20(18(21)16-4-5-16)13-15-8-10-19-11-9-15/h2-3,6-7,15-16,19H,4-5,8-13H2,1H3/p+1. The number of methoxy groups -OCH3 is 1. The number of nitrogens with zero attached hydrogens (tertiary/aromatic N) is 1. The van der Waals surface area contributed by atoms with Crippen LogP contribution in [0.4, 0.5) is 0 Å². The average molecular weight is 303 g/mol. The van der Waals surface area contributed by atoms with Crippen molar-refractivity contribution in [2.75, 3.05) is 26.7 Å². The van der Waals surface area contributed by atoms with Crippen LogP contribution in [-0.2, 0) is 11.3 Å². The Hall–Kier alpha value is -1.55. The smallest absolute Gasteiger partial charge is 0.225 e. The van der Waals surface area contributed by atoms with Crippen molar-refractivity contribution in [1.29, 1.82) is 0 Å². The van der Waals surface area contributed by atoms with E-state index in [-0.39, 0.29) is 0 Å². The van der Waals surface area contributed by atoms with E-state index in [4.69, 9.17) is 4.74 Å². The van der Waals surface area contributed by atoms with Gasteiger partial charge in [-0.25, -0.2) is 0 Å². The van der Waals surface area contributed by atoms with Gasteiger partial charge in [-0.1, -0.05) is 12.1 Å². The number of carbonyl (C=O) groups is 1. The molecule has 3 rings (SSSR count). The summed E-state index contributed by atoms with van der Waals surface area (Å²) >= 11 is 0. The van der Waals surface area contributed by atoms with Crippen molar-refractivity contribution in [3.05, 3.63) is 29.8 Å². The summed E-state index contributed by atoms with van der Waals surface area (Å²) in [6, 6.07) is 8.09. The highest BCUT2D eigenvalue weighted by atomic mass is 16.5. The number of piperidine rings is 1. The van der Waals surface area contributed by atoms with Gasteiger partial charge in [0.15, 0.2) is 0 Å². The predicted molar refractivity (Wildman–Crippen MR) is 85.5 cm³/mol. The van der Waals surface area contributed by atoms with Crippen LogP contribution >= 0.6 is 0 Å². The maximum Gasteiger partial charge on any atom is 0.225 e. The van der Waals surface area contributed by atoms with E-state index in [9.17, 15) is 4.79 Å². The largest absolute Gasteiger partial charge is 0.497 e. The minimum Gasteiger partial charge on any atom is -0.497 e. The number of ether oxygens (including phenoxy) is 1. The average Bonchev–Trinajstić information content (AvgIpc) is 3.40. The molecule has 1 saturated heterocycles. The summed E-state index contributed by atoms with van der Waals surface area (Å²) in [6.45, 7) is 4.08. The molecular formula is C18H27N2O2+. The van der Waals surface area contributed by atoms with Crippen LogP contribution in [0.2, 0.25) is 0 Å². The number of nitrogens with two attached hydrogens (primary N) is 1. The number of carbonyl (C=O) groups excluding carboxylic acids is 1. The van der Waals surface area contributed by atoms with Crippen molar-refractivity contribution < 1.29 is 14.8 Å². The van der Waals surface area contributed by atoms with E-state index in [1.165, 1.54) is 31.5 Å². The zero-order valence-corrected chi connectivity index (χ0v) is 13.5. The molecule has 1 aliphatic carbocycles. The molecule has 0 aromatic heterocycles. The summed E-state index contributed by atoms with van der Waals surface area (Å²) in [5, 5.41) is 2.38. The molecule has 2 aliphatic rings. The molecular weight excluding hydrogens is 276 g/mol. The van der Waals surface area contributed by atoms with Crippen LogP contribution in [0.5, 0.6) is 5.75 Å². The maximum absolute atomic E-state index is 12.6. The molecule has 0 atom stereocenters. The lowest BCUT2D eigenvalue weighted by Crippen LogP contribution is -2.86. The molecule has 0 unspecified atom stereocenters. The third-order valence-corrected chi connectivity index (χ3v) is 4.81. The van der Waals surface area contributed by atoms with Crippen molar-refractivity contribution >= 4 is 5.91 Å². The summed E-state index contributed by atoms with van der Waals surface area (Å²) < 4.78 is 5.21. The fraction of sp³-hybridized carbons (Fsp3) is 0.611. The van der Waals surface area contributed by atoms with Gasteiger partial charge in [0.05, 0.1) is 20.2 Å². The van der Waals surface area contributed by atoms with Gasteiger partial charge in [0.25, 0.3) is 0 Å². The normalized spacial score (nSPS) is 19.0. The second-order valence-electron chi connectivity index (χ2n) is 6.65. The fourth-order valence-corrected chi connectivity index (χ4v) is 3.26. The van der Waals surface area contributed by atoms with Crippen molar-refractivity contribution in [3.63, 3.8) is 0 Å². The highest BCUT2D eigenvalue weighted by Gasteiger charge is 2.34. The number of quaternary nitrogens is 1. The van der Waals surface area contributed by atoms with E-state index >= 15 is 0 Å². The van der Waals surface area contributed by atoms with Gasteiger partial charge >= 0.3 is 0 Å². The highest BCUT2D eigenvalue weighted by molar-refractivity contribution is 5.81. The lowest BCUT2D eigenvalue weighted by molar-refractivity contribution is -0.664. The first-order chi connectivity index (χ1) is 10.8. The van der Waals surface area contributed by atoms with Crippen LogP contribution in [-0.4, -0.2) is 37.6 Å². The molecule has 1 aromatic carbocycles. The minimum atomic E-state index is 0.299. The molecule has 4 heteroatoms. The van der Waals surface area contributed by atoms with Crippen LogP contribution in [0, 0.1) is 11.8 Å². The van der Waals surface area contributed by atoms with Crippen molar-refractivity contribution in [2.45, 2.75) is 32.2 Å². The first-order valence-electron chi connectivity index (χ1n) is 8.49. The number of rotatable bonds is 6. The van der Waals surface area contributed by atoms with Gasteiger partial charge in [0, 0.05) is 31.8 Å². The quantitative estimate of drug-likeness (QED) is 0.863. The number of amides is 1. The highest BCUT2D eigenvalue weighted by Crippen LogP contribution is 2.32. The van der Waals surface area contributed by atoms with E-state index in [1.54, 1.807) is 7.11 Å². The second-order valence-corrected chi connectivity index (χ2v) is 6.65. The monoisotopic (exact) mass is 303 g/mol. The summed E-state index contributed by atoms with van der Waals surface area (Å²) in [4.78, 5) is 14.7. The third-order valence-electron chi connectivity index (χ3n) is 4.81. The Morgan fingerprint density at radius 1 is 1.18 bits per heavy atom. The van der Waals surface area contributed by atoms with E-state index in [0.717, 1.165) is 31.7 Å². The molecule has 1 aromatic rings. The van der Waals surface area contributed by atoms with Gasteiger partial charge in [0.1, 0.15) is 5.75 Å². The van der Waals surface area contributed by atoms with Gasteiger partial charge in [0.2, 0.25) is 5.91 Å². The zero-order chi connectivity index (χ0) is 15.4. The SMILES string of the molecule is COc1ccc(CN(CC2CC[NH2+]CC2)C(=O)C2CC2)cc1. The lowest BCUT2D eigenvalue weighted by atomic mass is 9.97. The van der Waals surface area contributed by atoms with Gasteiger partial charge in [-0.2, -0.15) is 0 Å². The Balaban J connectivity index is 1.65. The van der Waals surface area contributed by atoms with E-state index < -0.39 is 0 Å². The van der Waals surface area contributed by atoms with Gasteiger partial charge < -0.3 is 15.0 Å². The van der Waals surface area contributed by atoms with Crippen molar-refractivity contribution in [2.24, 2.45) is 11.8 Å². The predicted octanol–water partition coefficient (Wildman–Crippen LogP) is 1.41. The maximum atomic E-state index is 12.6.